The maximum Gasteiger partial charge on any atom is 0.224 e. The van der Waals surface area contributed by atoms with Crippen molar-refractivity contribution in [3.05, 3.63) is 94.3 Å². The van der Waals surface area contributed by atoms with E-state index in [1.807, 2.05) is 36.4 Å². The van der Waals surface area contributed by atoms with Gasteiger partial charge in [-0.25, -0.2) is 4.39 Å². The molecule has 0 saturated carbocycles. The quantitative estimate of drug-likeness (QED) is 0.569. The molecule has 0 aliphatic carbocycles. The average Bonchev–Trinajstić information content (AvgIpc) is 2.74. The van der Waals surface area contributed by atoms with E-state index in [4.69, 9.17) is 21.1 Å². The summed E-state index contributed by atoms with van der Waals surface area (Å²) in [5, 5.41) is 3.01. The molecule has 0 fully saturated rings. The van der Waals surface area contributed by atoms with E-state index in [1.165, 1.54) is 12.1 Å². The van der Waals surface area contributed by atoms with Crippen LogP contribution in [0.15, 0.2) is 66.7 Å². The zero-order chi connectivity index (χ0) is 20.6. The minimum atomic E-state index is -0.491. The summed E-state index contributed by atoms with van der Waals surface area (Å²) in [6.07, 6.45) is -0.124. The summed E-state index contributed by atoms with van der Waals surface area (Å²) < 4.78 is 25.1. The Labute approximate surface area is 174 Å². The van der Waals surface area contributed by atoms with Crippen LogP contribution in [0.1, 0.15) is 16.7 Å². The van der Waals surface area contributed by atoms with Crippen molar-refractivity contribution >= 4 is 17.5 Å². The molecule has 3 aromatic carbocycles. The molecule has 29 heavy (non-hydrogen) atoms. The second-order valence-electron chi connectivity index (χ2n) is 6.41. The molecule has 0 saturated heterocycles. The molecular formula is C23H21ClFNO3. The number of methoxy groups -OCH3 is 1. The molecule has 150 valence electrons. The van der Waals surface area contributed by atoms with Crippen LogP contribution < -0.4 is 14.8 Å². The molecule has 1 amide bonds. The maximum atomic E-state index is 13.8. The fraction of sp³-hybridized carbons (Fsp3) is 0.174. The molecule has 0 bridgehead atoms. The number of hydrogen-bond donors (Lipinski definition) is 1. The largest absolute Gasteiger partial charge is 0.493 e. The van der Waals surface area contributed by atoms with E-state index in [-0.39, 0.29) is 29.5 Å². The molecule has 0 aliphatic heterocycles. The summed E-state index contributed by atoms with van der Waals surface area (Å²) in [7, 11) is 1.56. The Morgan fingerprint density at radius 2 is 1.79 bits per heavy atom. The molecular weight excluding hydrogens is 393 g/mol. The van der Waals surface area contributed by atoms with Crippen LogP contribution in [-0.2, 0) is 24.4 Å². The molecule has 0 radical (unpaired) electrons. The van der Waals surface area contributed by atoms with E-state index < -0.39 is 5.82 Å². The Balaban J connectivity index is 1.59. The van der Waals surface area contributed by atoms with Gasteiger partial charge in [-0.2, -0.15) is 0 Å². The molecule has 3 aromatic rings. The van der Waals surface area contributed by atoms with E-state index in [2.05, 4.69) is 5.32 Å². The lowest BCUT2D eigenvalue weighted by Gasteiger charge is -2.13. The van der Waals surface area contributed by atoms with Crippen LogP contribution in [0.4, 0.5) is 4.39 Å². The first-order valence-electron chi connectivity index (χ1n) is 9.10. The van der Waals surface area contributed by atoms with Gasteiger partial charge in [-0.05, 0) is 35.4 Å². The summed E-state index contributed by atoms with van der Waals surface area (Å²) in [6, 6.07) is 19.6. The molecule has 0 aliphatic rings. The van der Waals surface area contributed by atoms with Crippen LogP contribution in [-0.4, -0.2) is 13.0 Å². The summed E-state index contributed by atoms with van der Waals surface area (Å²) in [5.41, 5.74) is 2.08. The number of hydrogen-bond acceptors (Lipinski definition) is 3. The Hall–Kier alpha value is -3.05. The van der Waals surface area contributed by atoms with E-state index in [1.54, 1.807) is 25.3 Å². The van der Waals surface area contributed by atoms with Gasteiger partial charge < -0.3 is 14.8 Å². The number of carbonyl (C=O) groups is 1. The lowest BCUT2D eigenvalue weighted by Crippen LogP contribution is -2.25. The summed E-state index contributed by atoms with van der Waals surface area (Å²) in [5.74, 6) is 0.379. The minimum absolute atomic E-state index is 0.124. The third-order valence-corrected chi connectivity index (χ3v) is 4.71. The van der Waals surface area contributed by atoms with Gasteiger partial charge in [0.05, 0.1) is 13.5 Å². The van der Waals surface area contributed by atoms with Crippen molar-refractivity contribution in [2.24, 2.45) is 0 Å². The predicted octanol–water partition coefficient (Wildman–Crippen LogP) is 4.93. The van der Waals surface area contributed by atoms with E-state index in [0.29, 0.717) is 18.1 Å². The summed E-state index contributed by atoms with van der Waals surface area (Å²) in [4.78, 5) is 12.2. The first-order valence-corrected chi connectivity index (χ1v) is 9.48. The van der Waals surface area contributed by atoms with Gasteiger partial charge in [0.25, 0.3) is 0 Å². The molecule has 0 aromatic heterocycles. The maximum absolute atomic E-state index is 13.8. The number of halogens is 2. The van der Waals surface area contributed by atoms with E-state index >= 15 is 0 Å². The molecule has 1 N–H and O–H groups in total. The zero-order valence-electron chi connectivity index (χ0n) is 16.0. The van der Waals surface area contributed by atoms with Gasteiger partial charge in [0.1, 0.15) is 12.4 Å². The van der Waals surface area contributed by atoms with Crippen LogP contribution in [0.5, 0.6) is 11.5 Å². The van der Waals surface area contributed by atoms with Gasteiger partial charge in [0.15, 0.2) is 11.5 Å². The number of amides is 1. The van der Waals surface area contributed by atoms with Crippen LogP contribution in [0.25, 0.3) is 0 Å². The highest BCUT2D eigenvalue weighted by atomic mass is 35.5. The third-order valence-electron chi connectivity index (χ3n) is 4.35. The zero-order valence-corrected chi connectivity index (χ0v) is 16.7. The summed E-state index contributed by atoms with van der Waals surface area (Å²) >= 11 is 5.97. The molecule has 0 spiro atoms. The van der Waals surface area contributed by atoms with Crippen molar-refractivity contribution in [2.75, 3.05) is 7.11 Å². The Kier molecular flexibility index (Phi) is 7.09. The molecule has 6 heteroatoms. The second kappa shape index (κ2) is 9.94. The minimum Gasteiger partial charge on any atom is -0.493 e. The molecule has 4 nitrogen and oxygen atoms in total. The number of benzene rings is 3. The Bertz CT molecular complexity index is 959. The standard InChI is InChI=1S/C23H21ClFNO3/c1-28-22-12-17(10-11-21(22)29-15-16-6-3-2-4-7-16)14-26-23(27)13-18-19(24)8-5-9-20(18)25/h2-12H,13-15H2,1H3,(H,26,27). The molecule has 0 heterocycles. The third kappa shape index (κ3) is 5.72. The van der Waals surface area contributed by atoms with Crippen molar-refractivity contribution in [1.82, 2.24) is 5.32 Å². The average molecular weight is 414 g/mol. The number of carbonyl (C=O) groups excluding carboxylic acids is 1. The lowest BCUT2D eigenvalue weighted by atomic mass is 10.1. The number of rotatable bonds is 8. The van der Waals surface area contributed by atoms with Crippen LogP contribution >= 0.6 is 11.6 Å². The van der Waals surface area contributed by atoms with E-state index in [9.17, 15) is 9.18 Å². The van der Waals surface area contributed by atoms with Crippen molar-refractivity contribution in [3.8, 4) is 11.5 Å². The molecule has 0 atom stereocenters. The first kappa shape index (κ1) is 20.7. The molecule has 3 rings (SSSR count). The van der Waals surface area contributed by atoms with E-state index in [0.717, 1.165) is 11.1 Å². The number of nitrogens with one attached hydrogen (secondary N) is 1. The smallest absolute Gasteiger partial charge is 0.224 e. The van der Waals surface area contributed by atoms with Crippen molar-refractivity contribution < 1.29 is 18.7 Å². The first-order chi connectivity index (χ1) is 14.1. The monoisotopic (exact) mass is 413 g/mol. The normalized spacial score (nSPS) is 10.4. The van der Waals surface area contributed by atoms with Gasteiger partial charge in [0, 0.05) is 17.1 Å². The van der Waals surface area contributed by atoms with Gasteiger partial charge in [0.2, 0.25) is 5.91 Å². The lowest BCUT2D eigenvalue weighted by molar-refractivity contribution is -0.120. The predicted molar refractivity (Wildman–Crippen MR) is 111 cm³/mol. The highest BCUT2D eigenvalue weighted by molar-refractivity contribution is 6.31. The van der Waals surface area contributed by atoms with Gasteiger partial charge in [-0.1, -0.05) is 54.1 Å². The Morgan fingerprint density at radius 1 is 1.00 bits per heavy atom. The van der Waals surface area contributed by atoms with Gasteiger partial charge in [-0.15, -0.1) is 0 Å². The topological polar surface area (TPSA) is 47.6 Å². The fourth-order valence-corrected chi connectivity index (χ4v) is 3.03. The van der Waals surface area contributed by atoms with Crippen molar-refractivity contribution in [3.63, 3.8) is 0 Å². The summed E-state index contributed by atoms with van der Waals surface area (Å²) in [6.45, 7) is 0.705. The van der Waals surface area contributed by atoms with Crippen molar-refractivity contribution in [2.45, 2.75) is 19.6 Å². The van der Waals surface area contributed by atoms with Crippen LogP contribution in [0, 0.1) is 5.82 Å². The number of ether oxygens (including phenoxy) is 2. The van der Waals surface area contributed by atoms with Gasteiger partial charge in [-0.3, -0.25) is 4.79 Å². The SMILES string of the molecule is COc1cc(CNC(=O)Cc2c(F)cccc2Cl)ccc1OCc1ccccc1. The molecule has 0 unspecified atom stereocenters. The Morgan fingerprint density at radius 3 is 2.52 bits per heavy atom. The second-order valence-corrected chi connectivity index (χ2v) is 6.82. The fourth-order valence-electron chi connectivity index (χ4n) is 2.80. The van der Waals surface area contributed by atoms with Crippen molar-refractivity contribution in [1.29, 1.82) is 0 Å². The van der Waals surface area contributed by atoms with Crippen LogP contribution in [0.3, 0.4) is 0 Å². The highest BCUT2D eigenvalue weighted by Gasteiger charge is 2.12. The van der Waals surface area contributed by atoms with Crippen LogP contribution in [0.2, 0.25) is 5.02 Å². The highest BCUT2D eigenvalue weighted by Crippen LogP contribution is 2.29. The van der Waals surface area contributed by atoms with Gasteiger partial charge >= 0.3 is 0 Å².